The Morgan fingerprint density at radius 1 is 0.305 bits per heavy atom. The average molecular weight is 802 g/mol. The van der Waals surface area contributed by atoms with E-state index in [0.29, 0.717) is 0 Å². The Labute approximate surface area is 355 Å². The van der Waals surface area contributed by atoms with Crippen LogP contribution in [-0.2, 0) is 16.8 Å². The van der Waals surface area contributed by atoms with E-state index >= 15 is 0 Å². The Balaban J connectivity index is 0.000000161. The number of benzene rings is 6. The first kappa shape index (κ1) is 38.6. The summed E-state index contributed by atoms with van der Waals surface area (Å²) in [6.07, 6.45) is 8.33. The van der Waals surface area contributed by atoms with Crippen molar-refractivity contribution in [3.05, 3.63) is 276 Å². The predicted octanol–water partition coefficient (Wildman–Crippen LogP) is 12.3. The number of allylic oxidation sites excluding steroid dienone is 4. The van der Waals surface area contributed by atoms with E-state index in [1.54, 1.807) is 0 Å². The van der Waals surface area contributed by atoms with Crippen molar-refractivity contribution in [3.63, 3.8) is 0 Å². The van der Waals surface area contributed by atoms with Crippen LogP contribution in [0.1, 0.15) is 33.6 Å². The Kier molecular flexibility index (Phi) is 12.0. The molecular weight excluding hydrogens is 764 g/mol. The second kappa shape index (κ2) is 18.3. The van der Waals surface area contributed by atoms with Crippen LogP contribution in [0.25, 0.3) is 33.7 Å². The van der Waals surface area contributed by atoms with Gasteiger partial charge >= 0.3 is 16.8 Å². The van der Waals surface area contributed by atoms with Gasteiger partial charge in [0, 0.05) is 11.1 Å². The van der Waals surface area contributed by atoms with Crippen LogP contribution >= 0.6 is 0 Å². The molecule has 0 bridgehead atoms. The van der Waals surface area contributed by atoms with Gasteiger partial charge in [-0.2, -0.15) is 0 Å². The van der Waals surface area contributed by atoms with E-state index in [2.05, 4.69) is 146 Å². The van der Waals surface area contributed by atoms with Gasteiger partial charge in [-0.1, -0.05) is 206 Å². The Morgan fingerprint density at radius 2 is 0.610 bits per heavy atom. The van der Waals surface area contributed by atoms with Gasteiger partial charge in [0.25, 0.3) is 0 Å². The number of rotatable bonds is 8. The smallest absolute Gasteiger partial charge is 0.657 e. The van der Waals surface area contributed by atoms with Crippen LogP contribution in [0.2, 0.25) is 0 Å². The average Bonchev–Trinajstić information content (AvgIpc) is 4.16. The molecule has 0 unspecified atom stereocenters. The number of hydrogen-bond donors (Lipinski definition) is 0. The molecule has 0 amide bonds. The molecule has 6 aromatic carbocycles. The van der Waals surface area contributed by atoms with Crippen LogP contribution in [0.4, 0.5) is 0 Å². The van der Waals surface area contributed by atoms with Crippen LogP contribution in [0, 0.1) is 0 Å². The molecular formula is C54H38CoN4. The van der Waals surface area contributed by atoms with E-state index in [1.165, 1.54) is 0 Å². The first-order chi connectivity index (χ1) is 28.8. The molecule has 2 aliphatic rings. The van der Waals surface area contributed by atoms with Crippen LogP contribution in [0.3, 0.4) is 0 Å². The third-order valence-corrected chi connectivity index (χ3v) is 9.99. The molecule has 59 heavy (non-hydrogen) atoms. The maximum atomic E-state index is 4.94. The summed E-state index contributed by atoms with van der Waals surface area (Å²) in [5.41, 5.74) is 16.5. The number of aromatic nitrogens is 2. The fourth-order valence-electron chi connectivity index (χ4n) is 7.15. The van der Waals surface area contributed by atoms with Crippen molar-refractivity contribution < 1.29 is 16.8 Å². The molecule has 283 valence electrons. The third-order valence-electron chi connectivity index (χ3n) is 9.99. The minimum Gasteiger partial charge on any atom is -0.657 e. The monoisotopic (exact) mass is 801 g/mol. The van der Waals surface area contributed by atoms with Gasteiger partial charge in [0.2, 0.25) is 0 Å². The van der Waals surface area contributed by atoms with Gasteiger partial charge in [-0.15, -0.1) is 22.8 Å². The molecule has 0 saturated carbocycles. The van der Waals surface area contributed by atoms with Crippen LogP contribution < -0.4 is 9.97 Å². The van der Waals surface area contributed by atoms with Crippen molar-refractivity contribution in [2.45, 2.75) is 0 Å². The van der Waals surface area contributed by atoms with Gasteiger partial charge in [-0.05, 0) is 57.7 Å². The van der Waals surface area contributed by atoms with E-state index in [-0.39, 0.29) is 16.8 Å². The Morgan fingerprint density at radius 3 is 0.949 bits per heavy atom. The zero-order chi connectivity index (χ0) is 38.9. The van der Waals surface area contributed by atoms with Crippen molar-refractivity contribution in [2.24, 2.45) is 9.98 Å². The summed E-state index contributed by atoms with van der Waals surface area (Å²) < 4.78 is 0. The van der Waals surface area contributed by atoms with Crippen LogP contribution in [0.5, 0.6) is 0 Å². The summed E-state index contributed by atoms with van der Waals surface area (Å²) in [5.74, 6) is 0. The maximum Gasteiger partial charge on any atom is 2.00 e. The Bertz CT molecular complexity index is 2630. The normalized spacial score (nSPS) is 14.4. The summed E-state index contributed by atoms with van der Waals surface area (Å²) in [7, 11) is 0. The van der Waals surface area contributed by atoms with Crippen LogP contribution in [0.15, 0.2) is 252 Å². The molecule has 0 N–H and O–H groups in total. The standard InChI is InChI=1S/2C27H19N2.Co/c2*1-4-10-20(11-5-1)23-16-18-25(28-23)27(22-14-8-3-9-15-22)26-19-17-24(29-26)21-12-6-2-7-13-21;/h2*1-19H;/q2*-1;+2/b2*27-25-;. The quantitative estimate of drug-likeness (QED) is 0.154. The molecule has 0 aliphatic carbocycles. The summed E-state index contributed by atoms with van der Waals surface area (Å²) in [5, 5.41) is 0. The fraction of sp³-hybridized carbons (Fsp3) is 0. The molecule has 0 spiro atoms. The molecule has 0 fully saturated rings. The van der Waals surface area contributed by atoms with Crippen molar-refractivity contribution in [3.8, 4) is 22.5 Å². The molecule has 1 radical (unpaired) electrons. The second-order valence-corrected chi connectivity index (χ2v) is 13.8. The Hall–Kier alpha value is -7.31. The van der Waals surface area contributed by atoms with Crippen molar-refractivity contribution >= 4 is 22.6 Å². The number of aliphatic imine (C=N–C) groups is 2. The van der Waals surface area contributed by atoms with Crippen LogP contribution in [-0.4, -0.2) is 11.4 Å². The summed E-state index contributed by atoms with van der Waals surface area (Å²) in [6, 6.07) is 70.1. The molecule has 5 heteroatoms. The van der Waals surface area contributed by atoms with Gasteiger partial charge in [0.1, 0.15) is 0 Å². The predicted molar refractivity (Wildman–Crippen MR) is 240 cm³/mol. The van der Waals surface area contributed by atoms with Gasteiger partial charge in [-0.25, -0.2) is 9.98 Å². The van der Waals surface area contributed by atoms with Gasteiger partial charge < -0.3 is 9.97 Å². The molecule has 0 saturated heterocycles. The summed E-state index contributed by atoms with van der Waals surface area (Å²) in [6.45, 7) is 0. The molecule has 0 atom stereocenters. The maximum absolute atomic E-state index is 4.94. The largest absolute Gasteiger partial charge is 2.00 e. The number of nitrogens with zero attached hydrogens (tertiary/aromatic N) is 4. The van der Waals surface area contributed by atoms with E-state index in [1.807, 2.05) is 84.9 Å². The minimum absolute atomic E-state index is 0. The minimum atomic E-state index is 0. The van der Waals surface area contributed by atoms with E-state index < -0.39 is 0 Å². The van der Waals surface area contributed by atoms with E-state index in [0.717, 1.165) is 90.1 Å². The van der Waals surface area contributed by atoms with Crippen molar-refractivity contribution in [1.29, 1.82) is 0 Å². The topological polar surface area (TPSA) is 52.9 Å². The molecule has 2 aliphatic heterocycles. The first-order valence-corrected chi connectivity index (χ1v) is 19.4. The fourth-order valence-corrected chi connectivity index (χ4v) is 7.15. The number of hydrogen-bond acceptors (Lipinski definition) is 2. The zero-order valence-electron chi connectivity index (χ0n) is 32.1. The molecule has 8 aromatic rings. The van der Waals surface area contributed by atoms with Gasteiger partial charge in [-0.3, -0.25) is 0 Å². The molecule has 4 nitrogen and oxygen atoms in total. The third kappa shape index (κ3) is 8.82. The first-order valence-electron chi connectivity index (χ1n) is 19.4. The van der Waals surface area contributed by atoms with Crippen molar-refractivity contribution in [2.75, 3.05) is 0 Å². The summed E-state index contributed by atoms with van der Waals surface area (Å²) in [4.78, 5) is 19.8. The SMILES string of the molecule is C1=C/C(=C(\c2ccccc2)c2ccc(-c3ccccc3)[n-]2)N=C1c1ccccc1.C1=C/C(=C(\c2ccccc2)c2ccc(-c3ccccc3)[n-]2)N=C1c1ccccc1.[Co+2]. The van der Waals surface area contributed by atoms with Gasteiger partial charge in [0.15, 0.2) is 0 Å². The van der Waals surface area contributed by atoms with Gasteiger partial charge in [0.05, 0.1) is 22.8 Å². The van der Waals surface area contributed by atoms with E-state index in [4.69, 9.17) is 20.0 Å². The molecule has 4 heterocycles. The van der Waals surface area contributed by atoms with Crippen molar-refractivity contribution in [1.82, 2.24) is 9.97 Å². The van der Waals surface area contributed by atoms with E-state index in [9.17, 15) is 0 Å². The molecule has 2 aromatic heterocycles. The summed E-state index contributed by atoms with van der Waals surface area (Å²) >= 11 is 0. The molecule has 10 rings (SSSR count). The zero-order valence-corrected chi connectivity index (χ0v) is 33.1. The second-order valence-electron chi connectivity index (χ2n) is 13.8.